The summed E-state index contributed by atoms with van der Waals surface area (Å²) in [5.74, 6) is -0.720. The Morgan fingerprint density at radius 3 is 2.03 bits per heavy atom. The summed E-state index contributed by atoms with van der Waals surface area (Å²) in [6, 6.07) is 9.72. The summed E-state index contributed by atoms with van der Waals surface area (Å²) in [4.78, 5) is 19.0. The second kappa shape index (κ2) is 10.1. The molecule has 1 aliphatic heterocycles. The Bertz CT molecular complexity index is 887. The van der Waals surface area contributed by atoms with E-state index in [1.807, 2.05) is 30.3 Å². The maximum atomic E-state index is 13.0. The minimum atomic E-state index is -2.41. The summed E-state index contributed by atoms with van der Waals surface area (Å²) in [5, 5.41) is 12.8. The first kappa shape index (κ1) is 28.6. The van der Waals surface area contributed by atoms with Gasteiger partial charge in [0.05, 0.1) is 17.6 Å². The van der Waals surface area contributed by atoms with Gasteiger partial charge in [-0.25, -0.2) is 4.79 Å². The lowest BCUT2D eigenvalue weighted by Gasteiger charge is -2.43. The molecule has 192 valence electrons. The molecule has 1 aromatic carbocycles. The Morgan fingerprint density at radius 1 is 1.03 bits per heavy atom. The molecule has 0 saturated heterocycles. The SMILES string of the molecule is CCOC(=O)C1=[N+]([O-])O[C@@H]([C@@H](O[Si](C)(C)C(C)(C)C)c2ccccc2)[C@@H]1O[Si](C)(C)C(C)(C)C. The number of carbonyl (C=O) groups excluding carboxylic acids is 1. The van der Waals surface area contributed by atoms with E-state index in [1.54, 1.807) is 6.92 Å². The highest BCUT2D eigenvalue weighted by Gasteiger charge is 2.55. The molecule has 0 fully saturated rings. The maximum Gasteiger partial charge on any atom is 0.408 e. The summed E-state index contributed by atoms with van der Waals surface area (Å²) in [6.07, 6.45) is -2.34. The molecule has 1 heterocycles. The van der Waals surface area contributed by atoms with Crippen molar-refractivity contribution in [3.05, 3.63) is 41.1 Å². The van der Waals surface area contributed by atoms with E-state index in [2.05, 4.69) is 67.7 Å². The van der Waals surface area contributed by atoms with Crippen molar-refractivity contribution in [3.8, 4) is 0 Å². The zero-order chi connectivity index (χ0) is 26.1. The molecule has 1 aliphatic rings. The van der Waals surface area contributed by atoms with Crippen LogP contribution < -0.4 is 0 Å². The number of carbonyl (C=O) groups is 1. The summed E-state index contributed by atoms with van der Waals surface area (Å²) in [7, 11) is -4.71. The number of nitrogens with zero attached hydrogens (tertiary/aromatic N) is 1. The first-order valence-electron chi connectivity index (χ1n) is 12.0. The van der Waals surface area contributed by atoms with Crippen LogP contribution in [0.25, 0.3) is 0 Å². The van der Waals surface area contributed by atoms with Crippen LogP contribution in [0.15, 0.2) is 30.3 Å². The van der Waals surface area contributed by atoms with Crippen molar-refractivity contribution >= 4 is 28.3 Å². The van der Waals surface area contributed by atoms with E-state index in [0.717, 1.165) is 5.56 Å². The molecule has 0 radical (unpaired) electrons. The third-order valence-electron chi connectivity index (χ3n) is 7.35. The number of esters is 1. The molecule has 0 aromatic heterocycles. The van der Waals surface area contributed by atoms with Crippen LogP contribution >= 0.6 is 0 Å². The van der Waals surface area contributed by atoms with Crippen LogP contribution in [0, 0.1) is 5.21 Å². The second-order valence-corrected chi connectivity index (χ2v) is 21.5. The van der Waals surface area contributed by atoms with Gasteiger partial charge >= 0.3 is 11.7 Å². The van der Waals surface area contributed by atoms with Crippen molar-refractivity contribution in [2.45, 2.75) is 103 Å². The van der Waals surface area contributed by atoms with Crippen LogP contribution in [0.1, 0.15) is 60.1 Å². The molecule has 9 heteroatoms. The van der Waals surface area contributed by atoms with E-state index < -0.39 is 40.9 Å². The Hall–Kier alpha value is -1.69. The minimum Gasteiger partial charge on any atom is -0.458 e. The minimum absolute atomic E-state index is 0.0702. The van der Waals surface area contributed by atoms with E-state index in [4.69, 9.17) is 18.4 Å². The molecule has 2 rings (SSSR count). The molecule has 0 amide bonds. The highest BCUT2D eigenvalue weighted by atomic mass is 28.4. The molecule has 1 aromatic rings. The molecule has 34 heavy (non-hydrogen) atoms. The van der Waals surface area contributed by atoms with Gasteiger partial charge in [-0.05, 0) is 48.8 Å². The van der Waals surface area contributed by atoms with Gasteiger partial charge in [-0.3, -0.25) is 5.21 Å². The molecule has 0 saturated carbocycles. The Morgan fingerprint density at radius 2 is 1.56 bits per heavy atom. The van der Waals surface area contributed by atoms with Crippen LogP contribution in [0.4, 0.5) is 0 Å². The normalized spacial score (nSPS) is 20.8. The predicted octanol–water partition coefficient (Wildman–Crippen LogP) is 5.97. The average Bonchev–Trinajstić information content (AvgIpc) is 3.00. The Balaban J connectivity index is 2.61. The average molecular weight is 510 g/mol. The number of rotatable bonds is 8. The largest absolute Gasteiger partial charge is 0.458 e. The highest BCUT2D eigenvalue weighted by Crippen LogP contribution is 2.44. The fraction of sp³-hybridized carbons (Fsp3) is 0.680. The van der Waals surface area contributed by atoms with E-state index in [0.29, 0.717) is 0 Å². The topological polar surface area (TPSA) is 80.1 Å². The number of hydrogen-bond donors (Lipinski definition) is 0. The van der Waals surface area contributed by atoms with Crippen molar-refractivity contribution in [2.24, 2.45) is 0 Å². The summed E-state index contributed by atoms with van der Waals surface area (Å²) < 4.78 is 18.8. The number of ether oxygens (including phenoxy) is 1. The smallest absolute Gasteiger partial charge is 0.408 e. The molecular weight excluding hydrogens is 466 g/mol. The van der Waals surface area contributed by atoms with Crippen molar-refractivity contribution in [2.75, 3.05) is 6.61 Å². The first-order chi connectivity index (χ1) is 15.4. The van der Waals surface area contributed by atoms with Gasteiger partial charge in [-0.1, -0.05) is 71.9 Å². The molecule has 0 unspecified atom stereocenters. The quantitative estimate of drug-likeness (QED) is 0.244. The summed E-state index contributed by atoms with van der Waals surface area (Å²) >= 11 is 0. The lowest BCUT2D eigenvalue weighted by atomic mass is 9.98. The van der Waals surface area contributed by atoms with Gasteiger partial charge in [0, 0.05) is 0 Å². The van der Waals surface area contributed by atoms with Crippen LogP contribution in [0.3, 0.4) is 0 Å². The lowest BCUT2D eigenvalue weighted by molar-refractivity contribution is -0.742. The van der Waals surface area contributed by atoms with E-state index in [-0.39, 0.29) is 27.3 Å². The summed E-state index contributed by atoms with van der Waals surface area (Å²) in [6.45, 7) is 23.2. The zero-order valence-corrected chi connectivity index (χ0v) is 24.7. The number of hydrogen-bond acceptors (Lipinski definition) is 6. The van der Waals surface area contributed by atoms with Crippen LogP contribution in [0.2, 0.25) is 36.3 Å². The standard InChI is InChI=1S/C25H43NO6Si2/c1-12-29-23(27)19-21(32-34(10,11)25(5,6)7)22(30-26(19)28)20(18-16-14-13-15-17-18)31-33(8,9)24(2,3)4/h13-17,20-22H,12H2,1-11H3/t20-,21+,22-/m0/s1. The van der Waals surface area contributed by atoms with Gasteiger partial charge < -0.3 is 18.4 Å². The molecule has 3 atom stereocenters. The monoisotopic (exact) mass is 509 g/mol. The van der Waals surface area contributed by atoms with Crippen molar-refractivity contribution in [1.82, 2.24) is 0 Å². The van der Waals surface area contributed by atoms with E-state index in [9.17, 15) is 10.0 Å². The maximum absolute atomic E-state index is 13.0. The van der Waals surface area contributed by atoms with Gasteiger partial charge in [0.1, 0.15) is 6.10 Å². The van der Waals surface area contributed by atoms with Crippen LogP contribution in [0.5, 0.6) is 0 Å². The lowest BCUT2D eigenvalue weighted by Crippen LogP contribution is -2.53. The third kappa shape index (κ3) is 6.11. The van der Waals surface area contributed by atoms with Gasteiger partial charge in [-0.15, -0.1) is 0 Å². The molecule has 0 aliphatic carbocycles. The van der Waals surface area contributed by atoms with Gasteiger partial charge in [0.25, 0.3) is 0 Å². The van der Waals surface area contributed by atoms with Gasteiger partial charge in [-0.2, -0.15) is 0 Å². The Labute approximate surface area is 207 Å². The summed E-state index contributed by atoms with van der Waals surface area (Å²) in [5.41, 5.74) is 0.719. The van der Waals surface area contributed by atoms with Crippen molar-refractivity contribution in [3.63, 3.8) is 0 Å². The number of benzene rings is 1. The van der Waals surface area contributed by atoms with Gasteiger partial charge in [0.15, 0.2) is 22.7 Å². The molecule has 7 nitrogen and oxygen atoms in total. The van der Waals surface area contributed by atoms with E-state index in [1.165, 1.54) is 0 Å². The van der Waals surface area contributed by atoms with Crippen molar-refractivity contribution in [1.29, 1.82) is 0 Å². The predicted molar refractivity (Wildman–Crippen MR) is 140 cm³/mol. The van der Waals surface area contributed by atoms with Crippen molar-refractivity contribution < 1.29 is 28.1 Å². The van der Waals surface area contributed by atoms with E-state index >= 15 is 0 Å². The molecular formula is C25H43NO6Si2. The van der Waals surface area contributed by atoms with Gasteiger partial charge in [0.2, 0.25) is 0 Å². The molecule has 0 N–H and O–H groups in total. The van der Waals surface area contributed by atoms with Crippen LogP contribution in [-0.4, -0.2) is 52.0 Å². The third-order valence-corrected chi connectivity index (χ3v) is 16.3. The van der Waals surface area contributed by atoms with Crippen LogP contribution in [-0.2, 0) is 23.2 Å². The second-order valence-electron chi connectivity index (χ2n) is 11.9. The molecule has 0 bridgehead atoms. The molecule has 0 spiro atoms. The first-order valence-corrected chi connectivity index (χ1v) is 17.8. The Kier molecular flexibility index (Phi) is 8.50. The zero-order valence-electron chi connectivity index (χ0n) is 22.7. The fourth-order valence-corrected chi connectivity index (χ4v) is 5.66. The fourth-order valence-electron chi connectivity index (χ4n) is 3.17. The highest BCUT2D eigenvalue weighted by molar-refractivity contribution is 6.74.